The Bertz CT molecular complexity index is 161. The molecule has 1 aliphatic rings. The molecule has 0 aromatic rings. The van der Waals surface area contributed by atoms with Crippen LogP contribution in [0.25, 0.3) is 0 Å². The zero-order valence-corrected chi connectivity index (χ0v) is 9.70. The first-order valence-corrected chi connectivity index (χ1v) is 5.68. The topological polar surface area (TPSA) is 38.5 Å². The van der Waals surface area contributed by atoms with E-state index in [2.05, 4.69) is 25.7 Å². The van der Waals surface area contributed by atoms with E-state index in [0.717, 1.165) is 32.2 Å². The third-order valence-electron chi connectivity index (χ3n) is 2.90. The minimum atomic E-state index is 0.524. The summed E-state index contributed by atoms with van der Waals surface area (Å²) in [7, 11) is 0. The van der Waals surface area contributed by atoms with Crippen LogP contribution in [0.1, 0.15) is 27.2 Å². The van der Waals surface area contributed by atoms with Crippen LogP contribution in [-0.2, 0) is 4.74 Å². The fraction of sp³-hybridized carbons (Fsp3) is 1.00. The second kappa shape index (κ2) is 5.69. The van der Waals surface area contributed by atoms with Crippen molar-refractivity contribution in [3.05, 3.63) is 0 Å². The molecule has 0 amide bonds. The molecule has 0 spiro atoms. The Balaban J connectivity index is 2.48. The van der Waals surface area contributed by atoms with E-state index >= 15 is 0 Å². The van der Waals surface area contributed by atoms with Gasteiger partial charge in [0.2, 0.25) is 0 Å². The molecule has 3 heteroatoms. The molecule has 1 fully saturated rings. The zero-order chi connectivity index (χ0) is 10.6. The van der Waals surface area contributed by atoms with Crippen LogP contribution in [-0.4, -0.2) is 43.3 Å². The van der Waals surface area contributed by atoms with Gasteiger partial charge in [-0.2, -0.15) is 0 Å². The molecule has 1 rings (SSSR count). The molecule has 2 N–H and O–H groups in total. The molecule has 0 aliphatic carbocycles. The first kappa shape index (κ1) is 12.0. The minimum absolute atomic E-state index is 0.524. The van der Waals surface area contributed by atoms with Gasteiger partial charge in [-0.3, -0.25) is 4.90 Å². The van der Waals surface area contributed by atoms with Crippen molar-refractivity contribution in [1.82, 2.24) is 4.90 Å². The molecule has 1 aliphatic heterocycles. The van der Waals surface area contributed by atoms with Gasteiger partial charge in [0.15, 0.2) is 0 Å². The highest BCUT2D eigenvalue weighted by molar-refractivity contribution is 4.80. The average molecular weight is 200 g/mol. The van der Waals surface area contributed by atoms with Crippen LogP contribution < -0.4 is 5.73 Å². The predicted octanol–water partition coefficient (Wildman–Crippen LogP) is 1.08. The van der Waals surface area contributed by atoms with E-state index in [9.17, 15) is 0 Å². The van der Waals surface area contributed by atoms with Crippen LogP contribution in [0, 0.1) is 5.92 Å². The van der Waals surface area contributed by atoms with Gasteiger partial charge in [-0.1, -0.05) is 13.8 Å². The van der Waals surface area contributed by atoms with E-state index < -0.39 is 0 Å². The SMILES string of the molecule is CC(C)CC(CN)N1CCOCC1C. The van der Waals surface area contributed by atoms with Gasteiger partial charge in [0.25, 0.3) is 0 Å². The summed E-state index contributed by atoms with van der Waals surface area (Å²) in [5, 5.41) is 0. The van der Waals surface area contributed by atoms with Crippen molar-refractivity contribution < 1.29 is 4.74 Å². The Morgan fingerprint density at radius 3 is 2.71 bits per heavy atom. The number of hydrogen-bond donors (Lipinski definition) is 1. The molecule has 1 saturated heterocycles. The van der Waals surface area contributed by atoms with Crippen molar-refractivity contribution in [2.24, 2.45) is 11.7 Å². The van der Waals surface area contributed by atoms with E-state index in [4.69, 9.17) is 10.5 Å². The summed E-state index contributed by atoms with van der Waals surface area (Å²) >= 11 is 0. The fourth-order valence-electron chi connectivity index (χ4n) is 2.19. The normalized spacial score (nSPS) is 26.8. The highest BCUT2D eigenvalue weighted by Crippen LogP contribution is 2.16. The summed E-state index contributed by atoms with van der Waals surface area (Å²) in [5.74, 6) is 0.721. The van der Waals surface area contributed by atoms with Crippen LogP contribution in [0.15, 0.2) is 0 Å². The van der Waals surface area contributed by atoms with E-state index in [1.165, 1.54) is 6.42 Å². The van der Waals surface area contributed by atoms with Gasteiger partial charge < -0.3 is 10.5 Å². The third kappa shape index (κ3) is 3.23. The third-order valence-corrected chi connectivity index (χ3v) is 2.90. The number of nitrogens with two attached hydrogens (primary N) is 1. The van der Waals surface area contributed by atoms with Crippen molar-refractivity contribution in [1.29, 1.82) is 0 Å². The predicted molar refractivity (Wildman–Crippen MR) is 59.3 cm³/mol. The molecular weight excluding hydrogens is 176 g/mol. The monoisotopic (exact) mass is 200 g/mol. The highest BCUT2D eigenvalue weighted by Gasteiger charge is 2.25. The van der Waals surface area contributed by atoms with E-state index in [0.29, 0.717) is 12.1 Å². The van der Waals surface area contributed by atoms with Gasteiger partial charge in [0.05, 0.1) is 13.2 Å². The van der Waals surface area contributed by atoms with Gasteiger partial charge in [0.1, 0.15) is 0 Å². The summed E-state index contributed by atoms with van der Waals surface area (Å²) in [4.78, 5) is 2.50. The summed E-state index contributed by atoms with van der Waals surface area (Å²) in [6.45, 7) is 10.3. The van der Waals surface area contributed by atoms with Gasteiger partial charge in [-0.05, 0) is 19.3 Å². The summed E-state index contributed by atoms with van der Waals surface area (Å²) < 4.78 is 5.43. The Labute approximate surface area is 87.6 Å². The molecule has 0 aromatic carbocycles. The number of morpholine rings is 1. The number of nitrogens with zero attached hydrogens (tertiary/aromatic N) is 1. The van der Waals surface area contributed by atoms with Crippen molar-refractivity contribution in [2.45, 2.75) is 39.3 Å². The molecule has 3 nitrogen and oxygen atoms in total. The van der Waals surface area contributed by atoms with Crippen LogP contribution in [0.4, 0.5) is 0 Å². The van der Waals surface area contributed by atoms with Gasteiger partial charge >= 0.3 is 0 Å². The van der Waals surface area contributed by atoms with Crippen LogP contribution in [0.5, 0.6) is 0 Å². The zero-order valence-electron chi connectivity index (χ0n) is 9.70. The largest absolute Gasteiger partial charge is 0.379 e. The Hall–Kier alpha value is -0.120. The number of rotatable bonds is 4. The van der Waals surface area contributed by atoms with Crippen LogP contribution in [0.3, 0.4) is 0 Å². The molecule has 0 bridgehead atoms. The Kier molecular flexibility index (Phi) is 4.85. The Morgan fingerprint density at radius 1 is 1.50 bits per heavy atom. The molecule has 2 atom stereocenters. The quantitative estimate of drug-likeness (QED) is 0.738. The Morgan fingerprint density at radius 2 is 2.21 bits per heavy atom. The lowest BCUT2D eigenvalue weighted by molar-refractivity contribution is -0.0239. The van der Waals surface area contributed by atoms with E-state index in [-0.39, 0.29) is 0 Å². The van der Waals surface area contributed by atoms with Gasteiger partial charge in [0, 0.05) is 25.2 Å². The smallest absolute Gasteiger partial charge is 0.0619 e. The molecule has 0 saturated carbocycles. The molecule has 84 valence electrons. The van der Waals surface area contributed by atoms with E-state index in [1.54, 1.807) is 0 Å². The standard InChI is InChI=1S/C11H24N2O/c1-9(2)6-11(7-12)13-4-5-14-8-10(13)3/h9-11H,4-8,12H2,1-3H3. The first-order chi connectivity index (χ1) is 6.65. The molecule has 14 heavy (non-hydrogen) atoms. The van der Waals surface area contributed by atoms with Crippen LogP contribution >= 0.6 is 0 Å². The minimum Gasteiger partial charge on any atom is -0.379 e. The molecular formula is C11H24N2O. The van der Waals surface area contributed by atoms with Crippen molar-refractivity contribution in [3.8, 4) is 0 Å². The molecule has 0 radical (unpaired) electrons. The lowest BCUT2D eigenvalue weighted by Crippen LogP contribution is -2.52. The second-order valence-corrected chi connectivity index (χ2v) is 4.68. The second-order valence-electron chi connectivity index (χ2n) is 4.68. The summed E-state index contributed by atoms with van der Waals surface area (Å²) in [6.07, 6.45) is 1.20. The summed E-state index contributed by atoms with van der Waals surface area (Å²) in [6, 6.07) is 1.06. The van der Waals surface area contributed by atoms with Gasteiger partial charge in [-0.15, -0.1) is 0 Å². The van der Waals surface area contributed by atoms with Crippen molar-refractivity contribution in [3.63, 3.8) is 0 Å². The maximum absolute atomic E-state index is 5.83. The molecule has 1 heterocycles. The lowest BCUT2D eigenvalue weighted by atomic mass is 10.0. The highest BCUT2D eigenvalue weighted by atomic mass is 16.5. The van der Waals surface area contributed by atoms with Crippen molar-refractivity contribution >= 4 is 0 Å². The molecule has 0 aromatic heterocycles. The number of ether oxygens (including phenoxy) is 1. The summed E-state index contributed by atoms with van der Waals surface area (Å²) in [5.41, 5.74) is 5.83. The molecule has 2 unspecified atom stereocenters. The van der Waals surface area contributed by atoms with Crippen molar-refractivity contribution in [2.75, 3.05) is 26.3 Å². The first-order valence-electron chi connectivity index (χ1n) is 5.68. The maximum Gasteiger partial charge on any atom is 0.0619 e. The van der Waals surface area contributed by atoms with Crippen LogP contribution in [0.2, 0.25) is 0 Å². The maximum atomic E-state index is 5.83. The average Bonchev–Trinajstić information content (AvgIpc) is 2.15. The number of hydrogen-bond acceptors (Lipinski definition) is 3. The van der Waals surface area contributed by atoms with Gasteiger partial charge in [-0.25, -0.2) is 0 Å². The fourth-order valence-corrected chi connectivity index (χ4v) is 2.19. The van der Waals surface area contributed by atoms with E-state index in [1.807, 2.05) is 0 Å². The lowest BCUT2D eigenvalue weighted by Gasteiger charge is -2.39.